The molecule has 0 aliphatic carbocycles. The number of rotatable bonds is 7. The average Bonchev–Trinajstić information content (AvgIpc) is 2.06. The van der Waals surface area contributed by atoms with E-state index in [1.807, 2.05) is 13.3 Å². The first-order valence-corrected chi connectivity index (χ1v) is 5.21. The van der Waals surface area contributed by atoms with Gasteiger partial charge in [-0.2, -0.15) is 0 Å². The highest BCUT2D eigenvalue weighted by Gasteiger charge is 1.99. The number of hydrogen-bond donors (Lipinski definition) is 0. The summed E-state index contributed by atoms with van der Waals surface area (Å²) in [7, 11) is 1.85. The Morgan fingerprint density at radius 1 is 1.25 bits per heavy atom. The largest absolute Gasteiger partial charge is 0.301 e. The molecule has 0 aromatic rings. The lowest BCUT2D eigenvalue weighted by Gasteiger charge is -2.08. The fourth-order valence-corrected chi connectivity index (χ4v) is 1.38. The van der Waals surface area contributed by atoms with E-state index < -0.39 is 0 Å². The summed E-state index contributed by atoms with van der Waals surface area (Å²) >= 11 is 0. The fraction of sp³-hybridized carbons (Fsp3) is 0.909. The van der Waals surface area contributed by atoms with Gasteiger partial charge in [0.05, 0.1) is 0 Å². The van der Waals surface area contributed by atoms with Crippen molar-refractivity contribution in [3.8, 4) is 0 Å². The van der Waals surface area contributed by atoms with Gasteiger partial charge >= 0.3 is 0 Å². The average molecular weight is 169 g/mol. The van der Waals surface area contributed by atoms with Gasteiger partial charge in [0, 0.05) is 7.05 Å². The Hall–Kier alpha value is -0.330. The van der Waals surface area contributed by atoms with E-state index in [9.17, 15) is 0 Å². The minimum absolute atomic E-state index is 0.884. The summed E-state index contributed by atoms with van der Waals surface area (Å²) in [5.74, 6) is 0.884. The van der Waals surface area contributed by atoms with Gasteiger partial charge in [0.1, 0.15) is 0 Å². The number of unbranched alkanes of at least 4 members (excludes halogenated alkanes) is 2. The predicted octanol–water partition coefficient (Wildman–Crippen LogP) is 3.68. The molecule has 0 saturated carbocycles. The zero-order valence-electron chi connectivity index (χ0n) is 8.84. The van der Waals surface area contributed by atoms with Gasteiger partial charge in [-0.3, -0.25) is 0 Å². The lowest BCUT2D eigenvalue weighted by atomic mass is 9.99. The molecule has 0 aromatic carbocycles. The predicted molar refractivity (Wildman–Crippen MR) is 57.0 cm³/mol. The van der Waals surface area contributed by atoms with Crippen LogP contribution in [0.1, 0.15) is 52.4 Å². The van der Waals surface area contributed by atoms with Crippen LogP contribution in [0.3, 0.4) is 0 Å². The second-order valence-corrected chi connectivity index (χ2v) is 3.62. The van der Waals surface area contributed by atoms with Crippen molar-refractivity contribution in [2.45, 2.75) is 52.4 Å². The minimum atomic E-state index is 0.884. The normalized spacial score (nSPS) is 13.9. The van der Waals surface area contributed by atoms with Gasteiger partial charge in [-0.1, -0.05) is 39.5 Å². The van der Waals surface area contributed by atoms with Crippen LogP contribution in [-0.2, 0) is 0 Å². The first-order chi connectivity index (χ1) is 5.81. The molecule has 0 amide bonds. The van der Waals surface area contributed by atoms with E-state index in [4.69, 9.17) is 0 Å². The molecular formula is C11H23N. The smallest absolute Gasteiger partial charge is 0.0273 e. The molecule has 0 heterocycles. The van der Waals surface area contributed by atoms with Gasteiger partial charge in [-0.15, -0.1) is 0 Å². The van der Waals surface area contributed by atoms with Gasteiger partial charge < -0.3 is 4.99 Å². The van der Waals surface area contributed by atoms with Crippen LogP contribution >= 0.6 is 0 Å². The zero-order valence-corrected chi connectivity index (χ0v) is 8.84. The highest BCUT2D eigenvalue weighted by molar-refractivity contribution is 5.56. The minimum Gasteiger partial charge on any atom is -0.301 e. The Kier molecular flexibility index (Phi) is 8.52. The van der Waals surface area contributed by atoms with Gasteiger partial charge in [-0.05, 0) is 25.0 Å². The van der Waals surface area contributed by atoms with Crippen molar-refractivity contribution in [2.24, 2.45) is 10.9 Å². The molecule has 0 saturated heterocycles. The first-order valence-electron chi connectivity index (χ1n) is 5.21. The molecule has 12 heavy (non-hydrogen) atoms. The monoisotopic (exact) mass is 169 g/mol. The third-order valence-corrected chi connectivity index (χ3v) is 2.27. The van der Waals surface area contributed by atoms with E-state index in [1.54, 1.807) is 0 Å². The molecule has 1 heteroatoms. The van der Waals surface area contributed by atoms with E-state index in [-0.39, 0.29) is 0 Å². The Bertz CT molecular complexity index is 108. The molecule has 0 spiro atoms. The van der Waals surface area contributed by atoms with Crippen LogP contribution in [0.25, 0.3) is 0 Å². The second kappa shape index (κ2) is 8.76. The van der Waals surface area contributed by atoms with E-state index in [1.165, 1.54) is 32.1 Å². The van der Waals surface area contributed by atoms with Crippen molar-refractivity contribution in [1.82, 2.24) is 0 Å². The molecule has 1 unspecified atom stereocenters. The van der Waals surface area contributed by atoms with Crippen LogP contribution in [0.2, 0.25) is 0 Å². The topological polar surface area (TPSA) is 12.4 Å². The SMILES string of the molecule is CCCCCC(C)CCC=NC. The summed E-state index contributed by atoms with van der Waals surface area (Å²) in [6.45, 7) is 4.60. The van der Waals surface area contributed by atoms with E-state index in [0.29, 0.717) is 0 Å². The van der Waals surface area contributed by atoms with Crippen molar-refractivity contribution in [1.29, 1.82) is 0 Å². The standard InChI is InChI=1S/C11H23N/c1-4-5-6-8-11(2)9-7-10-12-3/h10-11H,4-9H2,1-3H3. The van der Waals surface area contributed by atoms with Crippen molar-refractivity contribution < 1.29 is 0 Å². The summed E-state index contributed by atoms with van der Waals surface area (Å²) in [5, 5.41) is 0. The Morgan fingerprint density at radius 2 is 2.00 bits per heavy atom. The van der Waals surface area contributed by atoms with Crippen LogP contribution in [-0.4, -0.2) is 13.3 Å². The quantitative estimate of drug-likeness (QED) is 0.407. The molecule has 72 valence electrons. The molecule has 0 aromatic heterocycles. The van der Waals surface area contributed by atoms with Crippen LogP contribution in [0.5, 0.6) is 0 Å². The van der Waals surface area contributed by atoms with E-state index >= 15 is 0 Å². The zero-order chi connectivity index (χ0) is 9.23. The summed E-state index contributed by atoms with van der Waals surface area (Å²) in [4.78, 5) is 3.98. The second-order valence-electron chi connectivity index (χ2n) is 3.62. The molecule has 0 radical (unpaired) electrons. The fourth-order valence-electron chi connectivity index (χ4n) is 1.38. The van der Waals surface area contributed by atoms with Crippen molar-refractivity contribution in [3.63, 3.8) is 0 Å². The third-order valence-electron chi connectivity index (χ3n) is 2.27. The van der Waals surface area contributed by atoms with Crippen molar-refractivity contribution in [3.05, 3.63) is 0 Å². The van der Waals surface area contributed by atoms with Crippen LogP contribution in [0.15, 0.2) is 4.99 Å². The van der Waals surface area contributed by atoms with Crippen LogP contribution in [0, 0.1) is 5.92 Å². The van der Waals surface area contributed by atoms with Gasteiger partial charge in [0.2, 0.25) is 0 Å². The van der Waals surface area contributed by atoms with Gasteiger partial charge in [-0.25, -0.2) is 0 Å². The third kappa shape index (κ3) is 7.77. The molecule has 0 N–H and O–H groups in total. The molecular weight excluding hydrogens is 146 g/mol. The molecule has 1 nitrogen and oxygen atoms in total. The van der Waals surface area contributed by atoms with E-state index in [2.05, 4.69) is 18.8 Å². The Labute approximate surface area is 77.3 Å². The van der Waals surface area contributed by atoms with Crippen molar-refractivity contribution >= 4 is 6.21 Å². The molecule has 0 aliphatic heterocycles. The molecule has 1 atom stereocenters. The number of aliphatic imine (C=N–C) groups is 1. The van der Waals surface area contributed by atoms with Gasteiger partial charge in [0.25, 0.3) is 0 Å². The summed E-state index contributed by atoms with van der Waals surface area (Å²) < 4.78 is 0. The highest BCUT2D eigenvalue weighted by Crippen LogP contribution is 2.13. The maximum absolute atomic E-state index is 3.98. The maximum Gasteiger partial charge on any atom is 0.0273 e. The first kappa shape index (κ1) is 11.7. The Morgan fingerprint density at radius 3 is 2.58 bits per heavy atom. The van der Waals surface area contributed by atoms with Crippen molar-refractivity contribution in [2.75, 3.05) is 7.05 Å². The molecule has 0 aliphatic rings. The number of hydrogen-bond acceptors (Lipinski definition) is 1. The lowest BCUT2D eigenvalue weighted by Crippen LogP contribution is -1.94. The van der Waals surface area contributed by atoms with Gasteiger partial charge in [0.15, 0.2) is 0 Å². The molecule has 0 bridgehead atoms. The highest BCUT2D eigenvalue weighted by atomic mass is 14.6. The lowest BCUT2D eigenvalue weighted by molar-refractivity contribution is 0.473. The van der Waals surface area contributed by atoms with Crippen LogP contribution < -0.4 is 0 Å². The Balaban J connectivity index is 3.15. The summed E-state index contributed by atoms with van der Waals surface area (Å²) in [6.07, 6.45) is 10.0. The number of nitrogens with zero attached hydrogens (tertiary/aromatic N) is 1. The summed E-state index contributed by atoms with van der Waals surface area (Å²) in [6, 6.07) is 0. The van der Waals surface area contributed by atoms with E-state index in [0.717, 1.165) is 12.3 Å². The van der Waals surface area contributed by atoms with Crippen LogP contribution in [0.4, 0.5) is 0 Å². The maximum atomic E-state index is 3.98. The summed E-state index contributed by atoms with van der Waals surface area (Å²) in [5.41, 5.74) is 0. The molecule has 0 rings (SSSR count). The molecule has 0 fully saturated rings.